The quantitative estimate of drug-likeness (QED) is 0.205. The molecule has 0 saturated heterocycles. The second-order valence-corrected chi connectivity index (χ2v) is 6.43. The van der Waals surface area contributed by atoms with Crippen LogP contribution >= 0.6 is 0 Å². The van der Waals surface area contributed by atoms with Gasteiger partial charge in [0, 0.05) is 13.0 Å². The molecule has 0 heterocycles. The molecule has 1 rings (SSSR count). The van der Waals surface area contributed by atoms with Gasteiger partial charge in [0.25, 0.3) is 0 Å². The Bertz CT molecular complexity index is 593. The topological polar surface area (TPSA) is 117 Å². The third kappa shape index (κ3) is 9.66. The lowest BCUT2D eigenvalue weighted by molar-refractivity contribution is -0.134. The van der Waals surface area contributed by atoms with E-state index in [1.807, 2.05) is 0 Å². The Morgan fingerprint density at radius 3 is 2.38 bits per heavy atom. The van der Waals surface area contributed by atoms with Gasteiger partial charge in [0.2, 0.25) is 0 Å². The summed E-state index contributed by atoms with van der Waals surface area (Å²) in [7, 11) is 0. The lowest BCUT2D eigenvalue weighted by Gasteiger charge is -2.08. The highest BCUT2D eigenvalue weighted by Gasteiger charge is 2.09. The highest BCUT2D eigenvalue weighted by molar-refractivity contribution is 5.89. The molecular formula is C19H29N3O4. The Labute approximate surface area is 154 Å². The largest absolute Gasteiger partial charge is 0.462 e. The third-order valence-electron chi connectivity index (χ3n) is 3.58. The second-order valence-electron chi connectivity index (χ2n) is 6.43. The molecule has 0 aliphatic heterocycles. The van der Waals surface area contributed by atoms with Crippen molar-refractivity contribution in [2.24, 2.45) is 22.4 Å². The number of guanidine groups is 1. The van der Waals surface area contributed by atoms with Gasteiger partial charge in [0.15, 0.2) is 5.96 Å². The van der Waals surface area contributed by atoms with Crippen molar-refractivity contribution in [2.45, 2.75) is 46.0 Å². The summed E-state index contributed by atoms with van der Waals surface area (Å²) in [5.41, 5.74) is 10.9. The van der Waals surface area contributed by atoms with Crippen LogP contribution in [0.4, 0.5) is 0 Å². The van der Waals surface area contributed by atoms with Crippen molar-refractivity contribution in [3.63, 3.8) is 0 Å². The number of aliphatic imine (C=N–C) groups is 1. The second kappa shape index (κ2) is 11.9. The maximum Gasteiger partial charge on any atom is 0.338 e. The van der Waals surface area contributed by atoms with Crippen molar-refractivity contribution in [1.82, 2.24) is 0 Å². The fourth-order valence-electron chi connectivity index (χ4n) is 2.08. The summed E-state index contributed by atoms with van der Waals surface area (Å²) in [5, 5.41) is 0. The Balaban J connectivity index is 2.29. The van der Waals surface area contributed by atoms with Crippen LogP contribution in [0.2, 0.25) is 0 Å². The molecule has 4 N–H and O–H groups in total. The number of ether oxygens (including phenoxy) is 2. The predicted molar refractivity (Wildman–Crippen MR) is 101 cm³/mol. The first-order valence-electron chi connectivity index (χ1n) is 8.91. The van der Waals surface area contributed by atoms with Crippen LogP contribution in [0.3, 0.4) is 0 Å². The van der Waals surface area contributed by atoms with E-state index in [1.54, 1.807) is 24.3 Å². The summed E-state index contributed by atoms with van der Waals surface area (Å²) in [4.78, 5) is 27.5. The lowest BCUT2D eigenvalue weighted by atomic mass is 10.1. The summed E-state index contributed by atoms with van der Waals surface area (Å²) >= 11 is 0. The number of carbonyl (C=O) groups is 2. The van der Waals surface area contributed by atoms with Crippen LogP contribution in [0, 0.1) is 5.92 Å². The number of hydrogen-bond acceptors (Lipinski definition) is 5. The number of unbranched alkanes of at least 4 members (excludes halogenated alkanes) is 2. The molecule has 0 spiro atoms. The molecule has 0 unspecified atom stereocenters. The molecular weight excluding hydrogens is 334 g/mol. The molecule has 0 radical (unpaired) electrons. The number of hydrogen-bond donors (Lipinski definition) is 2. The summed E-state index contributed by atoms with van der Waals surface area (Å²) in [5.74, 6) is 0.297. The zero-order valence-electron chi connectivity index (χ0n) is 15.6. The van der Waals surface area contributed by atoms with Gasteiger partial charge in [-0.1, -0.05) is 20.3 Å². The maximum atomic E-state index is 11.9. The van der Waals surface area contributed by atoms with E-state index >= 15 is 0 Å². The molecule has 144 valence electrons. The van der Waals surface area contributed by atoms with Crippen LogP contribution in [0.25, 0.3) is 0 Å². The summed E-state index contributed by atoms with van der Waals surface area (Å²) < 4.78 is 10.4. The average molecular weight is 363 g/mol. The number of benzene rings is 1. The Morgan fingerprint density at radius 2 is 1.77 bits per heavy atom. The zero-order chi connectivity index (χ0) is 19.4. The molecule has 0 atom stereocenters. The van der Waals surface area contributed by atoms with E-state index in [0.717, 1.165) is 19.3 Å². The van der Waals surface area contributed by atoms with Gasteiger partial charge >= 0.3 is 11.9 Å². The number of nitrogens with zero attached hydrogens (tertiary/aromatic N) is 1. The molecule has 0 aliphatic rings. The minimum Gasteiger partial charge on any atom is -0.462 e. The Kier molecular flexibility index (Phi) is 9.82. The van der Waals surface area contributed by atoms with Gasteiger partial charge in [-0.15, -0.1) is 0 Å². The fraction of sp³-hybridized carbons (Fsp3) is 0.526. The van der Waals surface area contributed by atoms with E-state index in [2.05, 4.69) is 18.8 Å². The molecule has 1 aromatic carbocycles. The van der Waals surface area contributed by atoms with E-state index in [9.17, 15) is 9.59 Å². The SMILES string of the molecule is CC(C)CCOC(=O)c1ccc(OC(=O)CCCCCN=C(N)N)cc1. The fourth-order valence-corrected chi connectivity index (χ4v) is 2.08. The number of esters is 2. The van der Waals surface area contributed by atoms with Crippen molar-refractivity contribution in [1.29, 1.82) is 0 Å². The highest BCUT2D eigenvalue weighted by atomic mass is 16.5. The number of nitrogens with two attached hydrogens (primary N) is 2. The molecule has 0 amide bonds. The van der Waals surface area contributed by atoms with E-state index in [-0.39, 0.29) is 17.9 Å². The van der Waals surface area contributed by atoms with E-state index in [1.165, 1.54) is 0 Å². The van der Waals surface area contributed by atoms with Crippen LogP contribution in [0.1, 0.15) is 56.3 Å². The molecule has 1 aromatic rings. The molecule has 7 heteroatoms. The van der Waals surface area contributed by atoms with E-state index in [4.69, 9.17) is 20.9 Å². The van der Waals surface area contributed by atoms with Crippen molar-refractivity contribution in [3.05, 3.63) is 29.8 Å². The number of carbonyl (C=O) groups excluding carboxylic acids is 2. The summed E-state index contributed by atoms with van der Waals surface area (Å²) in [6, 6.07) is 6.37. The zero-order valence-corrected chi connectivity index (χ0v) is 15.6. The Hall–Kier alpha value is -2.57. The average Bonchev–Trinajstić information content (AvgIpc) is 2.58. The van der Waals surface area contributed by atoms with Gasteiger partial charge in [-0.05, 0) is 49.4 Å². The van der Waals surface area contributed by atoms with Gasteiger partial charge in [-0.2, -0.15) is 0 Å². The third-order valence-corrected chi connectivity index (χ3v) is 3.58. The van der Waals surface area contributed by atoms with Crippen LogP contribution < -0.4 is 16.2 Å². The van der Waals surface area contributed by atoms with Crippen LogP contribution in [0.5, 0.6) is 5.75 Å². The van der Waals surface area contributed by atoms with Gasteiger partial charge in [0.05, 0.1) is 12.2 Å². The molecule has 26 heavy (non-hydrogen) atoms. The van der Waals surface area contributed by atoms with Gasteiger partial charge in [-0.3, -0.25) is 9.79 Å². The monoisotopic (exact) mass is 363 g/mol. The van der Waals surface area contributed by atoms with Crippen molar-refractivity contribution >= 4 is 17.9 Å². The Morgan fingerprint density at radius 1 is 1.08 bits per heavy atom. The lowest BCUT2D eigenvalue weighted by Crippen LogP contribution is -2.22. The molecule has 0 saturated carbocycles. The van der Waals surface area contributed by atoms with Crippen LogP contribution in [0.15, 0.2) is 29.3 Å². The van der Waals surface area contributed by atoms with E-state index in [0.29, 0.717) is 43.2 Å². The molecule has 0 fully saturated rings. The van der Waals surface area contributed by atoms with Gasteiger partial charge in [-0.25, -0.2) is 4.79 Å². The van der Waals surface area contributed by atoms with Gasteiger partial charge in [0.1, 0.15) is 5.75 Å². The first-order valence-corrected chi connectivity index (χ1v) is 8.91. The maximum absolute atomic E-state index is 11.9. The molecule has 0 aromatic heterocycles. The minimum atomic E-state index is -0.371. The smallest absolute Gasteiger partial charge is 0.338 e. The normalized spacial score (nSPS) is 10.4. The van der Waals surface area contributed by atoms with Crippen LogP contribution in [-0.2, 0) is 9.53 Å². The van der Waals surface area contributed by atoms with Crippen molar-refractivity contribution in [2.75, 3.05) is 13.2 Å². The van der Waals surface area contributed by atoms with Crippen LogP contribution in [-0.4, -0.2) is 31.0 Å². The summed E-state index contributed by atoms with van der Waals surface area (Å²) in [6.07, 6.45) is 3.51. The van der Waals surface area contributed by atoms with Crippen molar-refractivity contribution < 1.29 is 19.1 Å². The molecule has 7 nitrogen and oxygen atoms in total. The first kappa shape index (κ1) is 21.5. The minimum absolute atomic E-state index is 0.0802. The standard InChI is InChI=1S/C19H29N3O4/c1-14(2)11-13-25-18(24)15-7-9-16(10-8-15)26-17(23)6-4-3-5-12-22-19(20)21/h7-10,14H,3-6,11-13H2,1-2H3,(H4,20,21,22). The molecule has 0 aliphatic carbocycles. The van der Waals surface area contributed by atoms with Crippen molar-refractivity contribution in [3.8, 4) is 5.75 Å². The van der Waals surface area contributed by atoms with Gasteiger partial charge < -0.3 is 20.9 Å². The predicted octanol–water partition coefficient (Wildman–Crippen LogP) is 2.63. The highest BCUT2D eigenvalue weighted by Crippen LogP contribution is 2.15. The first-order chi connectivity index (χ1) is 12.4. The number of rotatable bonds is 11. The summed E-state index contributed by atoms with van der Waals surface area (Å²) in [6.45, 7) is 5.10. The van der Waals surface area contributed by atoms with E-state index < -0.39 is 0 Å². The molecule has 0 bridgehead atoms.